The molecule has 0 aliphatic carbocycles. The van der Waals surface area contributed by atoms with Crippen LogP contribution < -0.4 is 5.32 Å². The van der Waals surface area contributed by atoms with Gasteiger partial charge in [-0.05, 0) is 33.2 Å². The van der Waals surface area contributed by atoms with Crippen LogP contribution in [-0.4, -0.2) is 12.1 Å². The Labute approximate surface area is 173 Å². The molecule has 0 rings (SSSR count). The minimum atomic E-state index is 0.335. The second-order valence-electron chi connectivity index (χ2n) is 9.57. The molecular weight excluding hydrogens is 326 g/mol. The Morgan fingerprint density at radius 1 is 0.444 bits per heavy atom. The third-order valence-electron chi connectivity index (χ3n) is 6.04. The van der Waals surface area contributed by atoms with E-state index in [0.29, 0.717) is 5.54 Å². The van der Waals surface area contributed by atoms with Gasteiger partial charge in [-0.3, -0.25) is 0 Å². The molecular formula is C26H55N. The van der Waals surface area contributed by atoms with Crippen LogP contribution in [0.5, 0.6) is 0 Å². The van der Waals surface area contributed by atoms with E-state index in [2.05, 4.69) is 33.0 Å². The second-order valence-corrected chi connectivity index (χ2v) is 9.57. The molecule has 1 N–H and O–H groups in total. The monoisotopic (exact) mass is 381 g/mol. The first kappa shape index (κ1) is 27.0. The summed E-state index contributed by atoms with van der Waals surface area (Å²) < 4.78 is 0. The van der Waals surface area contributed by atoms with Gasteiger partial charge in [0, 0.05) is 5.54 Å². The van der Waals surface area contributed by atoms with E-state index >= 15 is 0 Å². The van der Waals surface area contributed by atoms with Crippen LogP contribution in [0.25, 0.3) is 0 Å². The molecule has 0 fully saturated rings. The maximum Gasteiger partial charge on any atom is 0.0125 e. The topological polar surface area (TPSA) is 12.0 Å². The summed E-state index contributed by atoms with van der Waals surface area (Å²) >= 11 is 0. The molecule has 1 heteroatoms. The Kier molecular flexibility index (Phi) is 20.7. The van der Waals surface area contributed by atoms with Crippen molar-refractivity contribution in [3.63, 3.8) is 0 Å². The number of nitrogens with one attached hydrogen (secondary N) is 1. The van der Waals surface area contributed by atoms with Crippen molar-refractivity contribution in [3.8, 4) is 0 Å². The minimum Gasteiger partial charge on any atom is -0.312 e. The van der Waals surface area contributed by atoms with Crippen molar-refractivity contribution >= 4 is 0 Å². The fourth-order valence-electron chi connectivity index (χ4n) is 4.01. The largest absolute Gasteiger partial charge is 0.312 e. The van der Waals surface area contributed by atoms with Crippen molar-refractivity contribution in [2.75, 3.05) is 6.54 Å². The van der Waals surface area contributed by atoms with Crippen LogP contribution in [0.4, 0.5) is 0 Å². The number of hydrogen-bond acceptors (Lipinski definition) is 1. The summed E-state index contributed by atoms with van der Waals surface area (Å²) in [4.78, 5) is 0. The quantitative estimate of drug-likeness (QED) is 0.184. The summed E-state index contributed by atoms with van der Waals surface area (Å²) in [6.07, 6.45) is 28.5. The van der Waals surface area contributed by atoms with Gasteiger partial charge in [0.25, 0.3) is 0 Å². The standard InChI is InChI=1S/C26H55N/c1-5-7-9-11-13-14-15-16-17-19-21-23-25-27-26(3,4)24-22-20-18-12-10-8-6-2/h27H,5-25H2,1-4H3. The van der Waals surface area contributed by atoms with E-state index in [4.69, 9.17) is 0 Å². The van der Waals surface area contributed by atoms with E-state index < -0.39 is 0 Å². The first-order valence-corrected chi connectivity index (χ1v) is 12.9. The SMILES string of the molecule is CCCCCCCCCCCCCCNC(C)(C)CCCCCCCCC. The van der Waals surface area contributed by atoms with Crippen LogP contribution in [-0.2, 0) is 0 Å². The molecule has 0 bridgehead atoms. The van der Waals surface area contributed by atoms with E-state index in [-0.39, 0.29) is 0 Å². The molecule has 0 atom stereocenters. The highest BCUT2D eigenvalue weighted by Crippen LogP contribution is 2.16. The lowest BCUT2D eigenvalue weighted by Gasteiger charge is -2.26. The van der Waals surface area contributed by atoms with Gasteiger partial charge in [-0.2, -0.15) is 0 Å². The maximum atomic E-state index is 3.81. The van der Waals surface area contributed by atoms with Crippen molar-refractivity contribution in [1.29, 1.82) is 0 Å². The van der Waals surface area contributed by atoms with Crippen molar-refractivity contribution in [3.05, 3.63) is 0 Å². The first-order valence-electron chi connectivity index (χ1n) is 12.9. The zero-order chi connectivity index (χ0) is 20.1. The van der Waals surface area contributed by atoms with E-state index in [0.717, 1.165) is 0 Å². The molecule has 0 spiro atoms. The number of unbranched alkanes of at least 4 members (excludes halogenated alkanes) is 17. The van der Waals surface area contributed by atoms with Crippen LogP contribution in [0.3, 0.4) is 0 Å². The van der Waals surface area contributed by atoms with Crippen LogP contribution in [0, 0.1) is 0 Å². The first-order chi connectivity index (χ1) is 13.1. The number of hydrogen-bond donors (Lipinski definition) is 1. The summed E-state index contributed by atoms with van der Waals surface area (Å²) in [5.74, 6) is 0. The summed E-state index contributed by atoms with van der Waals surface area (Å²) in [5, 5.41) is 3.81. The van der Waals surface area contributed by atoms with Crippen molar-refractivity contribution in [2.24, 2.45) is 0 Å². The van der Waals surface area contributed by atoms with Gasteiger partial charge in [0.15, 0.2) is 0 Å². The van der Waals surface area contributed by atoms with E-state index in [9.17, 15) is 0 Å². The van der Waals surface area contributed by atoms with Crippen LogP contribution >= 0.6 is 0 Å². The molecule has 0 aromatic carbocycles. The predicted octanol–water partition coefficient (Wildman–Crippen LogP) is 9.20. The van der Waals surface area contributed by atoms with E-state index in [1.54, 1.807) is 0 Å². The molecule has 0 saturated carbocycles. The Morgan fingerprint density at radius 3 is 1.19 bits per heavy atom. The van der Waals surface area contributed by atoms with Gasteiger partial charge in [-0.25, -0.2) is 0 Å². The van der Waals surface area contributed by atoms with Crippen molar-refractivity contribution in [2.45, 2.75) is 162 Å². The fourth-order valence-corrected chi connectivity index (χ4v) is 4.01. The third-order valence-corrected chi connectivity index (χ3v) is 6.04. The normalized spacial score (nSPS) is 12.0. The highest BCUT2D eigenvalue weighted by Gasteiger charge is 2.15. The molecule has 0 aromatic heterocycles. The Morgan fingerprint density at radius 2 is 0.778 bits per heavy atom. The van der Waals surface area contributed by atoms with Crippen LogP contribution in [0.15, 0.2) is 0 Å². The molecule has 1 nitrogen and oxygen atoms in total. The lowest BCUT2D eigenvalue weighted by molar-refractivity contribution is 0.342. The highest BCUT2D eigenvalue weighted by atomic mass is 14.9. The average molecular weight is 382 g/mol. The van der Waals surface area contributed by atoms with Crippen LogP contribution in [0.2, 0.25) is 0 Å². The minimum absolute atomic E-state index is 0.335. The molecule has 164 valence electrons. The molecule has 27 heavy (non-hydrogen) atoms. The summed E-state index contributed by atoms with van der Waals surface area (Å²) in [6, 6.07) is 0. The lowest BCUT2D eigenvalue weighted by Crippen LogP contribution is -2.39. The molecule has 0 radical (unpaired) electrons. The molecule has 0 heterocycles. The smallest absolute Gasteiger partial charge is 0.0125 e. The highest BCUT2D eigenvalue weighted by molar-refractivity contribution is 4.77. The van der Waals surface area contributed by atoms with Gasteiger partial charge in [0.1, 0.15) is 0 Å². The molecule has 0 saturated heterocycles. The van der Waals surface area contributed by atoms with Crippen LogP contribution in [0.1, 0.15) is 156 Å². The maximum absolute atomic E-state index is 3.81. The Bertz CT molecular complexity index is 271. The van der Waals surface area contributed by atoms with E-state index in [1.807, 2.05) is 0 Å². The van der Waals surface area contributed by atoms with E-state index in [1.165, 1.54) is 135 Å². The molecule has 0 aliphatic rings. The summed E-state index contributed by atoms with van der Waals surface area (Å²) in [5.41, 5.74) is 0.335. The predicted molar refractivity (Wildman–Crippen MR) is 126 cm³/mol. The number of rotatable bonds is 22. The van der Waals surface area contributed by atoms with Gasteiger partial charge >= 0.3 is 0 Å². The van der Waals surface area contributed by atoms with Gasteiger partial charge < -0.3 is 5.32 Å². The summed E-state index contributed by atoms with van der Waals surface area (Å²) in [6.45, 7) is 10.6. The molecule has 0 unspecified atom stereocenters. The van der Waals surface area contributed by atoms with Crippen molar-refractivity contribution in [1.82, 2.24) is 5.32 Å². The van der Waals surface area contributed by atoms with Gasteiger partial charge in [-0.15, -0.1) is 0 Å². The zero-order valence-corrected chi connectivity index (χ0v) is 19.8. The van der Waals surface area contributed by atoms with Gasteiger partial charge in [0.2, 0.25) is 0 Å². The van der Waals surface area contributed by atoms with Gasteiger partial charge in [-0.1, -0.05) is 129 Å². The summed E-state index contributed by atoms with van der Waals surface area (Å²) in [7, 11) is 0. The molecule has 0 aromatic rings. The Balaban J connectivity index is 3.28. The van der Waals surface area contributed by atoms with Crippen molar-refractivity contribution < 1.29 is 0 Å². The fraction of sp³-hybridized carbons (Fsp3) is 1.00. The van der Waals surface area contributed by atoms with Gasteiger partial charge in [0.05, 0.1) is 0 Å². The second kappa shape index (κ2) is 20.7. The zero-order valence-electron chi connectivity index (χ0n) is 19.8. The molecule has 0 amide bonds. The Hall–Kier alpha value is -0.0400. The average Bonchev–Trinajstić information content (AvgIpc) is 2.64. The third kappa shape index (κ3) is 22.1. The molecule has 0 aliphatic heterocycles. The lowest BCUT2D eigenvalue weighted by atomic mass is 9.95.